The lowest BCUT2D eigenvalue weighted by Crippen LogP contribution is -2.37. The van der Waals surface area contributed by atoms with Crippen molar-refractivity contribution in [2.24, 2.45) is 0 Å². The highest BCUT2D eigenvalue weighted by Gasteiger charge is 2.17. The molecule has 0 spiro atoms. The molecule has 5 nitrogen and oxygen atoms in total. The topological polar surface area (TPSA) is 46.5 Å². The molecule has 8 heteroatoms. The molecule has 0 aliphatic carbocycles. The molecule has 0 fully saturated rings. The van der Waals surface area contributed by atoms with Crippen molar-refractivity contribution in [3.05, 3.63) is 87.1 Å². The number of hydrogen-bond acceptors (Lipinski definition) is 2. The Morgan fingerprint density at radius 3 is 2.60 bits per heavy atom. The Balaban J connectivity index is 1.75. The van der Waals surface area contributed by atoms with Crippen LogP contribution in [0.2, 0.25) is 15.1 Å². The summed E-state index contributed by atoms with van der Waals surface area (Å²) in [6.07, 6.45) is 1.98. The van der Waals surface area contributed by atoms with Crippen molar-refractivity contribution >= 4 is 46.5 Å². The van der Waals surface area contributed by atoms with E-state index in [1.54, 1.807) is 30.2 Å². The Kier molecular flexibility index (Phi) is 8.05. The van der Waals surface area contributed by atoms with Gasteiger partial charge in [-0.05, 0) is 48.0 Å². The lowest BCUT2D eigenvalue weighted by Gasteiger charge is -2.24. The normalized spacial score (nSPS) is 10.8. The number of carbonyl (C=O) groups excluding carboxylic acids is 1. The van der Waals surface area contributed by atoms with Gasteiger partial charge in [0.25, 0.3) is 0 Å². The van der Waals surface area contributed by atoms with Crippen LogP contribution in [0.3, 0.4) is 0 Å². The molecule has 1 aromatic heterocycles. The number of anilines is 1. The zero-order valence-corrected chi connectivity index (χ0v) is 18.7. The summed E-state index contributed by atoms with van der Waals surface area (Å²) in [5.74, 6) is 0. The van der Waals surface area contributed by atoms with Crippen LogP contribution in [0.4, 0.5) is 10.5 Å². The molecule has 2 amide bonds. The average Bonchev–Trinajstić information content (AvgIpc) is 3.13. The number of methoxy groups -OCH3 is 1. The van der Waals surface area contributed by atoms with E-state index in [4.69, 9.17) is 39.5 Å². The van der Waals surface area contributed by atoms with Gasteiger partial charge in [0.15, 0.2) is 0 Å². The Morgan fingerprint density at radius 1 is 1.07 bits per heavy atom. The highest BCUT2D eigenvalue weighted by molar-refractivity contribution is 6.36. The van der Waals surface area contributed by atoms with Crippen LogP contribution >= 0.6 is 34.8 Å². The van der Waals surface area contributed by atoms with Gasteiger partial charge in [0.1, 0.15) is 0 Å². The quantitative estimate of drug-likeness (QED) is 0.431. The highest BCUT2D eigenvalue weighted by Crippen LogP contribution is 2.26. The first-order valence-corrected chi connectivity index (χ1v) is 10.5. The smallest absolute Gasteiger partial charge is 0.322 e. The zero-order chi connectivity index (χ0) is 21.5. The van der Waals surface area contributed by atoms with Gasteiger partial charge in [-0.3, -0.25) is 0 Å². The summed E-state index contributed by atoms with van der Waals surface area (Å²) in [5, 5.41) is 4.43. The van der Waals surface area contributed by atoms with Crippen LogP contribution in [0.25, 0.3) is 0 Å². The van der Waals surface area contributed by atoms with Gasteiger partial charge in [0, 0.05) is 42.1 Å². The van der Waals surface area contributed by atoms with Crippen molar-refractivity contribution in [3.8, 4) is 0 Å². The second-order valence-electron chi connectivity index (χ2n) is 6.73. The van der Waals surface area contributed by atoms with E-state index in [9.17, 15) is 4.79 Å². The van der Waals surface area contributed by atoms with Crippen LogP contribution in [0.5, 0.6) is 0 Å². The molecule has 1 heterocycles. The molecule has 3 rings (SSSR count). The molecule has 0 unspecified atom stereocenters. The molecule has 3 aromatic rings. The monoisotopic (exact) mass is 465 g/mol. The molecule has 1 N–H and O–H groups in total. The number of nitrogens with one attached hydrogen (secondary N) is 1. The Hall–Kier alpha value is -2.18. The molecular formula is C22H22Cl3N3O2. The van der Waals surface area contributed by atoms with E-state index in [1.165, 1.54) is 0 Å². The van der Waals surface area contributed by atoms with Crippen molar-refractivity contribution in [2.45, 2.75) is 13.1 Å². The van der Waals surface area contributed by atoms with E-state index < -0.39 is 0 Å². The second-order valence-corrected chi connectivity index (χ2v) is 8.01. The van der Waals surface area contributed by atoms with Crippen molar-refractivity contribution < 1.29 is 9.53 Å². The first-order valence-electron chi connectivity index (χ1n) is 9.34. The van der Waals surface area contributed by atoms with Crippen LogP contribution in [0.15, 0.2) is 60.8 Å². The Bertz CT molecular complexity index is 1010. The molecular weight excluding hydrogens is 445 g/mol. The maximum atomic E-state index is 12.9. The molecule has 158 valence electrons. The fourth-order valence-electron chi connectivity index (χ4n) is 3.01. The predicted molar refractivity (Wildman–Crippen MR) is 123 cm³/mol. The van der Waals surface area contributed by atoms with E-state index in [1.807, 2.05) is 42.6 Å². The minimum Gasteiger partial charge on any atom is -0.383 e. The van der Waals surface area contributed by atoms with E-state index in [2.05, 4.69) is 9.88 Å². The third kappa shape index (κ3) is 6.16. The third-order valence-electron chi connectivity index (χ3n) is 4.54. The van der Waals surface area contributed by atoms with Gasteiger partial charge in [-0.1, -0.05) is 46.9 Å². The fourth-order valence-corrected chi connectivity index (χ4v) is 3.68. The number of hydrogen-bond donors (Lipinski definition) is 1. The summed E-state index contributed by atoms with van der Waals surface area (Å²) in [6.45, 7) is 1.91. The molecule has 0 bridgehead atoms. The number of ether oxygens (including phenoxy) is 1. The highest BCUT2D eigenvalue weighted by atomic mass is 35.5. The zero-order valence-electron chi connectivity index (χ0n) is 16.4. The standard InChI is InChI=1S/C22H22Cl3N3O2/c1-30-11-10-28(22(29)26-21-8-7-18(24)13-20(21)25)15-19-6-3-9-27(19)14-16-4-2-5-17(23)12-16/h2-9,12-13H,10-11,14-15H2,1H3,(H,26,29). The number of nitrogens with zero attached hydrogens (tertiary/aromatic N) is 2. The molecule has 0 aliphatic rings. The molecule has 0 aliphatic heterocycles. The minimum absolute atomic E-state index is 0.272. The third-order valence-corrected chi connectivity index (χ3v) is 5.33. The van der Waals surface area contributed by atoms with Gasteiger partial charge in [-0.15, -0.1) is 0 Å². The summed E-state index contributed by atoms with van der Waals surface area (Å²) < 4.78 is 7.28. The average molecular weight is 467 g/mol. The number of urea groups is 1. The molecule has 0 saturated carbocycles. The lowest BCUT2D eigenvalue weighted by atomic mass is 10.2. The second kappa shape index (κ2) is 10.7. The maximum absolute atomic E-state index is 12.9. The Labute approximate surface area is 191 Å². The van der Waals surface area contributed by atoms with Crippen LogP contribution < -0.4 is 5.32 Å². The predicted octanol–water partition coefficient (Wildman–Crippen LogP) is 6.18. The van der Waals surface area contributed by atoms with Crippen molar-refractivity contribution in [3.63, 3.8) is 0 Å². The van der Waals surface area contributed by atoms with Crippen molar-refractivity contribution in [1.29, 1.82) is 0 Å². The van der Waals surface area contributed by atoms with E-state index >= 15 is 0 Å². The van der Waals surface area contributed by atoms with Gasteiger partial charge < -0.3 is 19.5 Å². The van der Waals surface area contributed by atoms with Gasteiger partial charge in [0.2, 0.25) is 0 Å². The molecule has 30 heavy (non-hydrogen) atoms. The largest absolute Gasteiger partial charge is 0.383 e. The van der Waals surface area contributed by atoms with Crippen LogP contribution in [-0.2, 0) is 17.8 Å². The van der Waals surface area contributed by atoms with Gasteiger partial charge in [-0.2, -0.15) is 0 Å². The minimum atomic E-state index is -0.272. The van der Waals surface area contributed by atoms with Gasteiger partial charge >= 0.3 is 6.03 Å². The van der Waals surface area contributed by atoms with Crippen LogP contribution in [0.1, 0.15) is 11.3 Å². The number of carbonyl (C=O) groups is 1. The lowest BCUT2D eigenvalue weighted by molar-refractivity contribution is 0.152. The number of halogens is 3. The Morgan fingerprint density at radius 2 is 1.87 bits per heavy atom. The van der Waals surface area contributed by atoms with Gasteiger partial charge in [-0.25, -0.2) is 4.79 Å². The number of amides is 2. The van der Waals surface area contributed by atoms with Crippen molar-refractivity contribution in [2.75, 3.05) is 25.6 Å². The van der Waals surface area contributed by atoms with Crippen LogP contribution in [0, 0.1) is 0 Å². The van der Waals surface area contributed by atoms with Crippen LogP contribution in [-0.4, -0.2) is 35.8 Å². The fraction of sp³-hybridized carbons (Fsp3) is 0.227. The maximum Gasteiger partial charge on any atom is 0.322 e. The van der Waals surface area contributed by atoms with E-state index in [0.717, 1.165) is 11.3 Å². The van der Waals surface area contributed by atoms with E-state index in [0.29, 0.717) is 47.0 Å². The number of aromatic nitrogens is 1. The number of rotatable bonds is 8. The summed E-state index contributed by atoms with van der Waals surface area (Å²) in [5.41, 5.74) is 2.58. The molecule has 0 atom stereocenters. The number of benzene rings is 2. The first-order chi connectivity index (χ1) is 14.5. The summed E-state index contributed by atoms with van der Waals surface area (Å²) in [7, 11) is 1.61. The summed E-state index contributed by atoms with van der Waals surface area (Å²) >= 11 is 18.2. The summed E-state index contributed by atoms with van der Waals surface area (Å²) in [4.78, 5) is 14.6. The summed E-state index contributed by atoms with van der Waals surface area (Å²) in [6, 6.07) is 16.4. The molecule has 2 aromatic carbocycles. The van der Waals surface area contributed by atoms with Crippen molar-refractivity contribution in [1.82, 2.24) is 9.47 Å². The molecule has 0 radical (unpaired) electrons. The van der Waals surface area contributed by atoms with Gasteiger partial charge in [0.05, 0.1) is 23.9 Å². The van der Waals surface area contributed by atoms with E-state index in [-0.39, 0.29) is 6.03 Å². The molecule has 0 saturated heterocycles. The first kappa shape index (κ1) is 22.5. The SMILES string of the molecule is COCCN(Cc1cccn1Cc1cccc(Cl)c1)C(=O)Nc1ccc(Cl)cc1Cl.